The molecule has 16 heavy (non-hydrogen) atoms. The Hall–Kier alpha value is -0.220. The van der Waals surface area contributed by atoms with E-state index >= 15 is 0 Å². The molecule has 0 unspecified atom stereocenters. The first kappa shape index (κ1) is 15.8. The third-order valence-electron chi connectivity index (χ3n) is 1.48. The summed E-state index contributed by atoms with van der Waals surface area (Å²) in [6.07, 6.45) is 0.878. The van der Waals surface area contributed by atoms with Gasteiger partial charge in [-0.25, -0.2) is 21.6 Å². The largest absolute Gasteiger partial charge is 0.383 e. The lowest BCUT2D eigenvalue weighted by Gasteiger charge is -2.06. The number of hydrogen-bond donors (Lipinski definition) is 2. The van der Waals surface area contributed by atoms with Crippen molar-refractivity contribution >= 4 is 19.9 Å². The topological polar surface area (TPSA) is 102 Å². The molecule has 0 saturated carbocycles. The molecular formula is C7H18N2O5S2. The Morgan fingerprint density at radius 2 is 1.69 bits per heavy atom. The van der Waals surface area contributed by atoms with Crippen LogP contribution in [0.3, 0.4) is 0 Å². The summed E-state index contributed by atoms with van der Waals surface area (Å²) < 4.78 is 50.9. The predicted molar refractivity (Wildman–Crippen MR) is 61.4 cm³/mol. The lowest BCUT2D eigenvalue weighted by atomic mass is 10.6. The van der Waals surface area contributed by atoms with Gasteiger partial charge in [0, 0.05) is 33.0 Å². The zero-order chi connectivity index (χ0) is 12.7. The van der Waals surface area contributed by atoms with Crippen molar-refractivity contribution in [2.45, 2.75) is 0 Å². The maximum absolute atomic E-state index is 11.2. The van der Waals surface area contributed by atoms with E-state index in [2.05, 4.69) is 10.0 Å². The van der Waals surface area contributed by atoms with Crippen molar-refractivity contribution in [2.75, 3.05) is 44.7 Å². The normalized spacial score (nSPS) is 12.9. The summed E-state index contributed by atoms with van der Waals surface area (Å²) in [5.74, 6) is 0. The fourth-order valence-electron chi connectivity index (χ4n) is 0.918. The highest BCUT2D eigenvalue weighted by Gasteiger charge is 2.16. The minimum atomic E-state index is -3.74. The molecule has 98 valence electrons. The van der Waals surface area contributed by atoms with Gasteiger partial charge in [-0.2, -0.15) is 0 Å². The standard InChI is InChI=1S/C7H18N2O5S2/c1-14-6-5-8-3-4-9-16(12,13)7-15(2,10)11/h8-9H,3-7H2,1-2H3. The van der Waals surface area contributed by atoms with Crippen molar-refractivity contribution in [1.82, 2.24) is 10.0 Å². The van der Waals surface area contributed by atoms with Gasteiger partial charge in [0.25, 0.3) is 0 Å². The molecule has 0 heterocycles. The van der Waals surface area contributed by atoms with E-state index in [4.69, 9.17) is 4.74 Å². The number of sulfonamides is 1. The Morgan fingerprint density at radius 1 is 1.06 bits per heavy atom. The van der Waals surface area contributed by atoms with Crippen LogP contribution >= 0.6 is 0 Å². The number of rotatable bonds is 9. The van der Waals surface area contributed by atoms with Crippen molar-refractivity contribution in [3.8, 4) is 0 Å². The molecule has 0 aliphatic heterocycles. The third-order valence-corrected chi connectivity index (χ3v) is 5.07. The summed E-state index contributed by atoms with van der Waals surface area (Å²) in [6, 6.07) is 0. The number of ether oxygens (including phenoxy) is 1. The van der Waals surface area contributed by atoms with Crippen LogP contribution in [0.4, 0.5) is 0 Å². The van der Waals surface area contributed by atoms with Gasteiger partial charge in [-0.05, 0) is 0 Å². The predicted octanol–water partition coefficient (Wildman–Crippen LogP) is -1.86. The molecule has 0 radical (unpaired) electrons. The molecule has 0 fully saturated rings. The zero-order valence-electron chi connectivity index (χ0n) is 9.39. The maximum Gasteiger partial charge on any atom is 0.226 e. The van der Waals surface area contributed by atoms with E-state index < -0.39 is 24.9 Å². The second-order valence-electron chi connectivity index (χ2n) is 3.30. The smallest absolute Gasteiger partial charge is 0.226 e. The maximum atomic E-state index is 11.2. The summed E-state index contributed by atoms with van der Waals surface area (Å²) in [5, 5.41) is 2.04. The van der Waals surface area contributed by atoms with E-state index in [-0.39, 0.29) is 6.54 Å². The molecule has 0 aromatic heterocycles. The highest BCUT2D eigenvalue weighted by atomic mass is 32.3. The minimum Gasteiger partial charge on any atom is -0.383 e. The fraction of sp³-hybridized carbons (Fsp3) is 1.00. The van der Waals surface area contributed by atoms with E-state index in [1.807, 2.05) is 0 Å². The Kier molecular flexibility index (Phi) is 7.07. The quantitative estimate of drug-likeness (QED) is 0.478. The molecule has 0 rings (SSSR count). The molecule has 2 N–H and O–H groups in total. The highest BCUT2D eigenvalue weighted by molar-refractivity contribution is 8.06. The molecule has 9 heteroatoms. The van der Waals surface area contributed by atoms with Gasteiger partial charge in [0.2, 0.25) is 10.0 Å². The van der Waals surface area contributed by atoms with Gasteiger partial charge in [-0.1, -0.05) is 0 Å². The lowest BCUT2D eigenvalue weighted by Crippen LogP contribution is -2.35. The van der Waals surface area contributed by atoms with E-state index in [1.54, 1.807) is 7.11 Å². The lowest BCUT2D eigenvalue weighted by molar-refractivity contribution is 0.199. The monoisotopic (exact) mass is 274 g/mol. The Balaban J connectivity index is 3.76. The number of methoxy groups -OCH3 is 1. The van der Waals surface area contributed by atoms with Gasteiger partial charge in [0.05, 0.1) is 6.61 Å². The van der Waals surface area contributed by atoms with Crippen LogP contribution in [0, 0.1) is 0 Å². The molecule has 7 nitrogen and oxygen atoms in total. The van der Waals surface area contributed by atoms with Crippen LogP contribution in [0.5, 0.6) is 0 Å². The van der Waals surface area contributed by atoms with Crippen molar-refractivity contribution < 1.29 is 21.6 Å². The van der Waals surface area contributed by atoms with Gasteiger partial charge >= 0.3 is 0 Å². The fourth-order valence-corrected chi connectivity index (χ4v) is 3.92. The van der Waals surface area contributed by atoms with Crippen molar-refractivity contribution in [1.29, 1.82) is 0 Å². The van der Waals surface area contributed by atoms with Crippen molar-refractivity contribution in [3.05, 3.63) is 0 Å². The first-order valence-corrected chi connectivity index (χ1v) is 8.33. The van der Waals surface area contributed by atoms with Gasteiger partial charge in [-0.3, -0.25) is 0 Å². The van der Waals surface area contributed by atoms with Crippen LogP contribution < -0.4 is 10.0 Å². The third kappa shape index (κ3) is 10.3. The molecule has 0 atom stereocenters. The second-order valence-corrected chi connectivity index (χ2v) is 7.61. The van der Waals surface area contributed by atoms with Crippen LogP contribution in [0.1, 0.15) is 0 Å². The van der Waals surface area contributed by atoms with Crippen molar-refractivity contribution in [2.24, 2.45) is 0 Å². The van der Waals surface area contributed by atoms with Gasteiger partial charge < -0.3 is 10.1 Å². The van der Waals surface area contributed by atoms with Crippen LogP contribution in [-0.2, 0) is 24.6 Å². The number of sulfone groups is 1. The van der Waals surface area contributed by atoms with Crippen LogP contribution in [-0.4, -0.2) is 61.5 Å². The molecule has 0 aliphatic rings. The van der Waals surface area contributed by atoms with Crippen LogP contribution in [0.25, 0.3) is 0 Å². The molecular weight excluding hydrogens is 256 g/mol. The molecule has 0 saturated heterocycles. The molecule has 0 amide bonds. The number of hydrogen-bond acceptors (Lipinski definition) is 6. The average molecular weight is 274 g/mol. The van der Waals surface area contributed by atoms with E-state index in [0.29, 0.717) is 19.7 Å². The van der Waals surface area contributed by atoms with Gasteiger partial charge in [0.1, 0.15) is 0 Å². The SMILES string of the molecule is COCCNCCNS(=O)(=O)CS(C)(=O)=O. The van der Waals surface area contributed by atoms with E-state index in [1.165, 1.54) is 0 Å². The van der Waals surface area contributed by atoms with Gasteiger partial charge in [0.15, 0.2) is 14.9 Å². The molecule has 0 aliphatic carbocycles. The summed E-state index contributed by atoms with van der Waals surface area (Å²) in [7, 11) is -5.70. The first-order chi connectivity index (χ1) is 7.27. The summed E-state index contributed by atoms with van der Waals surface area (Å²) >= 11 is 0. The van der Waals surface area contributed by atoms with Gasteiger partial charge in [-0.15, -0.1) is 0 Å². The average Bonchev–Trinajstić information content (AvgIpc) is 2.06. The first-order valence-electron chi connectivity index (χ1n) is 4.61. The zero-order valence-corrected chi connectivity index (χ0v) is 11.0. The molecule has 0 aromatic rings. The number of nitrogens with one attached hydrogen (secondary N) is 2. The Morgan fingerprint density at radius 3 is 2.19 bits per heavy atom. The second kappa shape index (κ2) is 7.17. The summed E-state index contributed by atoms with van der Waals surface area (Å²) in [4.78, 5) is 0. The Labute approximate surface area is 96.5 Å². The molecule has 0 bridgehead atoms. The summed E-state index contributed by atoms with van der Waals surface area (Å²) in [6.45, 7) is 1.73. The molecule has 0 aromatic carbocycles. The summed E-state index contributed by atoms with van der Waals surface area (Å²) in [5.41, 5.74) is 0. The van der Waals surface area contributed by atoms with Crippen LogP contribution in [0.2, 0.25) is 0 Å². The van der Waals surface area contributed by atoms with Crippen LogP contribution in [0.15, 0.2) is 0 Å². The van der Waals surface area contributed by atoms with Crippen molar-refractivity contribution in [3.63, 3.8) is 0 Å². The minimum absolute atomic E-state index is 0.154. The highest BCUT2D eigenvalue weighted by Crippen LogP contribution is 1.90. The Bertz CT molecular complexity index is 376. The molecule has 0 spiro atoms. The van der Waals surface area contributed by atoms with E-state index in [0.717, 1.165) is 6.26 Å². The van der Waals surface area contributed by atoms with E-state index in [9.17, 15) is 16.8 Å².